The van der Waals surface area contributed by atoms with Gasteiger partial charge in [-0.25, -0.2) is 4.98 Å². The Labute approximate surface area is 97.8 Å². The van der Waals surface area contributed by atoms with Crippen LogP contribution in [0.4, 0.5) is 0 Å². The monoisotopic (exact) mass is 234 g/mol. The molecule has 1 fully saturated rings. The first kappa shape index (κ1) is 10.4. The fraction of sp³-hybridized carbons (Fsp3) is 0.600. The summed E-state index contributed by atoms with van der Waals surface area (Å²) < 4.78 is 5.34. The normalized spacial score (nSPS) is 18.6. The highest BCUT2D eigenvalue weighted by atomic mass is 16.5. The van der Waals surface area contributed by atoms with E-state index in [2.05, 4.69) is 25.3 Å². The van der Waals surface area contributed by atoms with Gasteiger partial charge in [0.25, 0.3) is 0 Å². The van der Waals surface area contributed by atoms with Gasteiger partial charge in [-0.2, -0.15) is 10.1 Å². The number of hydrogen-bond donors (Lipinski definition) is 2. The topological polar surface area (TPSA) is 107 Å². The third kappa shape index (κ3) is 1.62. The Morgan fingerprint density at radius 2 is 2.24 bits per heavy atom. The number of nitrogens with one attached hydrogen (secondary N) is 1. The minimum absolute atomic E-state index is 0.134. The van der Waals surface area contributed by atoms with Gasteiger partial charge in [0, 0.05) is 6.54 Å². The quantitative estimate of drug-likeness (QED) is 0.806. The number of nitrogens with zero attached hydrogens (tertiary/aromatic N) is 4. The predicted octanol–water partition coefficient (Wildman–Crippen LogP) is 0.625. The highest BCUT2D eigenvalue weighted by molar-refractivity contribution is 5.40. The first-order chi connectivity index (χ1) is 8.34. The van der Waals surface area contributed by atoms with Gasteiger partial charge in [-0.05, 0) is 12.8 Å². The minimum atomic E-state index is -0.134. The molecule has 2 aromatic heterocycles. The van der Waals surface area contributed by atoms with Gasteiger partial charge in [-0.15, -0.1) is 0 Å². The lowest BCUT2D eigenvalue weighted by Crippen LogP contribution is -2.32. The maximum Gasteiger partial charge on any atom is 0.239 e. The van der Waals surface area contributed by atoms with E-state index in [-0.39, 0.29) is 5.41 Å². The summed E-state index contributed by atoms with van der Waals surface area (Å²) in [6.07, 6.45) is 5.77. The molecule has 0 saturated heterocycles. The van der Waals surface area contributed by atoms with E-state index in [1.165, 1.54) is 6.33 Å². The Morgan fingerprint density at radius 3 is 2.88 bits per heavy atom. The van der Waals surface area contributed by atoms with Crippen molar-refractivity contribution >= 4 is 0 Å². The molecule has 0 aromatic carbocycles. The number of nitrogens with two attached hydrogens (primary N) is 1. The first-order valence-corrected chi connectivity index (χ1v) is 5.74. The fourth-order valence-corrected chi connectivity index (χ4v) is 2.41. The Morgan fingerprint density at radius 1 is 1.41 bits per heavy atom. The molecule has 2 heterocycles. The molecule has 7 heteroatoms. The molecule has 0 radical (unpaired) electrons. The van der Waals surface area contributed by atoms with Crippen LogP contribution in [0.25, 0.3) is 11.6 Å². The molecule has 3 rings (SSSR count). The van der Waals surface area contributed by atoms with Crippen molar-refractivity contribution in [2.75, 3.05) is 6.54 Å². The Hall–Kier alpha value is -1.76. The summed E-state index contributed by atoms with van der Waals surface area (Å²) in [6, 6.07) is 0. The molecule has 0 atom stereocenters. The van der Waals surface area contributed by atoms with Crippen molar-refractivity contribution in [1.82, 2.24) is 25.3 Å². The highest BCUT2D eigenvalue weighted by Crippen LogP contribution is 2.39. The number of aromatic nitrogens is 5. The molecule has 90 valence electrons. The summed E-state index contributed by atoms with van der Waals surface area (Å²) in [7, 11) is 0. The second-order valence-corrected chi connectivity index (χ2v) is 4.45. The van der Waals surface area contributed by atoms with Crippen molar-refractivity contribution in [3.8, 4) is 11.6 Å². The maximum absolute atomic E-state index is 5.87. The van der Waals surface area contributed by atoms with Crippen LogP contribution in [0.3, 0.4) is 0 Å². The second-order valence-electron chi connectivity index (χ2n) is 4.45. The van der Waals surface area contributed by atoms with Crippen LogP contribution >= 0.6 is 0 Å². The fourth-order valence-electron chi connectivity index (χ4n) is 2.41. The molecule has 1 saturated carbocycles. The molecule has 0 aliphatic heterocycles. The molecular formula is C10H14N6O. The molecule has 0 unspecified atom stereocenters. The minimum Gasteiger partial charge on any atom is -0.338 e. The van der Waals surface area contributed by atoms with Crippen LogP contribution in [-0.4, -0.2) is 31.9 Å². The van der Waals surface area contributed by atoms with Gasteiger partial charge < -0.3 is 10.3 Å². The van der Waals surface area contributed by atoms with Crippen molar-refractivity contribution in [3.63, 3.8) is 0 Å². The average molecular weight is 234 g/mol. The van der Waals surface area contributed by atoms with Gasteiger partial charge in [0.15, 0.2) is 5.82 Å². The lowest BCUT2D eigenvalue weighted by atomic mass is 9.86. The van der Waals surface area contributed by atoms with Gasteiger partial charge in [0.2, 0.25) is 11.7 Å². The zero-order valence-electron chi connectivity index (χ0n) is 9.39. The van der Waals surface area contributed by atoms with E-state index >= 15 is 0 Å². The smallest absolute Gasteiger partial charge is 0.239 e. The van der Waals surface area contributed by atoms with E-state index in [0.29, 0.717) is 24.1 Å². The molecular weight excluding hydrogens is 220 g/mol. The predicted molar refractivity (Wildman–Crippen MR) is 58.9 cm³/mol. The second kappa shape index (κ2) is 3.92. The Kier molecular flexibility index (Phi) is 2.40. The molecule has 0 spiro atoms. The molecule has 0 amide bonds. The molecule has 0 bridgehead atoms. The van der Waals surface area contributed by atoms with Gasteiger partial charge in [0.1, 0.15) is 6.33 Å². The number of rotatable bonds is 3. The van der Waals surface area contributed by atoms with Crippen LogP contribution in [0.1, 0.15) is 31.6 Å². The number of hydrogen-bond acceptors (Lipinski definition) is 6. The van der Waals surface area contributed by atoms with Gasteiger partial charge >= 0.3 is 0 Å². The highest BCUT2D eigenvalue weighted by Gasteiger charge is 2.39. The van der Waals surface area contributed by atoms with Crippen molar-refractivity contribution in [2.24, 2.45) is 5.73 Å². The average Bonchev–Trinajstić information content (AvgIpc) is 3.10. The van der Waals surface area contributed by atoms with Crippen molar-refractivity contribution in [3.05, 3.63) is 12.2 Å². The van der Waals surface area contributed by atoms with Gasteiger partial charge in [0.05, 0.1) is 5.41 Å². The summed E-state index contributed by atoms with van der Waals surface area (Å²) >= 11 is 0. The summed E-state index contributed by atoms with van der Waals surface area (Å²) in [5.74, 6) is 1.59. The summed E-state index contributed by atoms with van der Waals surface area (Å²) in [5, 5.41) is 10.4. The van der Waals surface area contributed by atoms with Crippen LogP contribution in [0.2, 0.25) is 0 Å². The van der Waals surface area contributed by atoms with E-state index in [0.717, 1.165) is 25.7 Å². The van der Waals surface area contributed by atoms with Crippen LogP contribution in [0.15, 0.2) is 10.9 Å². The number of H-pyrrole nitrogens is 1. The summed E-state index contributed by atoms with van der Waals surface area (Å²) in [5.41, 5.74) is 5.73. The third-order valence-corrected chi connectivity index (χ3v) is 3.46. The zero-order chi connectivity index (χ0) is 11.7. The van der Waals surface area contributed by atoms with Gasteiger partial charge in [-0.1, -0.05) is 18.0 Å². The van der Waals surface area contributed by atoms with Crippen LogP contribution < -0.4 is 5.73 Å². The van der Waals surface area contributed by atoms with E-state index in [1.54, 1.807) is 0 Å². The Balaban J connectivity index is 1.94. The van der Waals surface area contributed by atoms with Crippen molar-refractivity contribution < 1.29 is 4.52 Å². The maximum atomic E-state index is 5.87. The first-order valence-electron chi connectivity index (χ1n) is 5.74. The van der Waals surface area contributed by atoms with Crippen LogP contribution in [-0.2, 0) is 5.41 Å². The lowest BCUT2D eigenvalue weighted by molar-refractivity contribution is 0.284. The Bertz CT molecular complexity index is 485. The molecule has 3 N–H and O–H groups in total. The molecule has 17 heavy (non-hydrogen) atoms. The SMILES string of the molecule is NCC1(c2nc(-c3ncn[nH]3)no2)CCCC1. The van der Waals surface area contributed by atoms with Crippen LogP contribution in [0.5, 0.6) is 0 Å². The van der Waals surface area contributed by atoms with Crippen molar-refractivity contribution in [2.45, 2.75) is 31.1 Å². The molecule has 7 nitrogen and oxygen atoms in total. The largest absolute Gasteiger partial charge is 0.338 e. The summed E-state index contributed by atoms with van der Waals surface area (Å²) in [4.78, 5) is 8.38. The summed E-state index contributed by atoms with van der Waals surface area (Å²) in [6.45, 7) is 0.547. The molecule has 1 aliphatic rings. The molecule has 1 aliphatic carbocycles. The standard InChI is InChI=1S/C10H14N6O/c11-5-10(3-1-2-4-10)9-14-8(16-17-9)7-12-6-13-15-7/h6H,1-5,11H2,(H,12,13,15). The lowest BCUT2D eigenvalue weighted by Gasteiger charge is -2.21. The van der Waals surface area contributed by atoms with E-state index < -0.39 is 0 Å². The third-order valence-electron chi connectivity index (χ3n) is 3.46. The van der Waals surface area contributed by atoms with Crippen molar-refractivity contribution in [1.29, 1.82) is 0 Å². The molecule has 2 aromatic rings. The zero-order valence-corrected chi connectivity index (χ0v) is 9.39. The van der Waals surface area contributed by atoms with E-state index in [9.17, 15) is 0 Å². The number of aromatic amines is 1. The van der Waals surface area contributed by atoms with E-state index in [1.807, 2.05) is 0 Å². The van der Waals surface area contributed by atoms with Gasteiger partial charge in [-0.3, -0.25) is 5.10 Å². The van der Waals surface area contributed by atoms with Crippen LogP contribution in [0, 0.1) is 0 Å². The van der Waals surface area contributed by atoms with E-state index in [4.69, 9.17) is 10.3 Å².